The second kappa shape index (κ2) is 4.63. The summed E-state index contributed by atoms with van der Waals surface area (Å²) in [5.41, 5.74) is 0.943. The van der Waals surface area contributed by atoms with Crippen molar-refractivity contribution in [2.75, 3.05) is 0 Å². The zero-order valence-electron chi connectivity index (χ0n) is 10.3. The zero-order valence-corrected chi connectivity index (χ0v) is 10.3. The van der Waals surface area contributed by atoms with E-state index in [2.05, 4.69) is 4.98 Å². The van der Waals surface area contributed by atoms with E-state index in [4.69, 9.17) is 0 Å². The smallest absolute Gasteiger partial charge is 0.320 e. The van der Waals surface area contributed by atoms with Crippen molar-refractivity contribution in [3.8, 4) is 0 Å². The number of alkyl halides is 3. The molecule has 0 aliphatic carbocycles. The van der Waals surface area contributed by atoms with Gasteiger partial charge in [0, 0.05) is 6.54 Å². The van der Waals surface area contributed by atoms with Crippen LogP contribution in [0.4, 0.5) is 13.2 Å². The Balaban J connectivity index is 2.58. The SMILES string of the molecule is CC[C@H](C)Cn1c(C(F)(F)F)nc2ccccc21. The summed E-state index contributed by atoms with van der Waals surface area (Å²) in [6, 6.07) is 6.72. The molecule has 1 aromatic carbocycles. The van der Waals surface area contributed by atoms with Gasteiger partial charge in [0.15, 0.2) is 0 Å². The number of imidazole rings is 1. The average Bonchev–Trinajstić information content (AvgIpc) is 2.68. The van der Waals surface area contributed by atoms with Crippen molar-refractivity contribution in [1.29, 1.82) is 0 Å². The molecule has 0 unspecified atom stereocenters. The molecule has 0 saturated heterocycles. The number of para-hydroxylation sites is 2. The molecule has 2 aromatic rings. The number of hydrogen-bond acceptors (Lipinski definition) is 1. The van der Waals surface area contributed by atoms with Crippen molar-refractivity contribution in [2.45, 2.75) is 33.0 Å². The molecule has 98 valence electrons. The van der Waals surface area contributed by atoms with Gasteiger partial charge in [-0.1, -0.05) is 32.4 Å². The topological polar surface area (TPSA) is 17.8 Å². The number of aromatic nitrogens is 2. The quantitative estimate of drug-likeness (QED) is 0.808. The van der Waals surface area contributed by atoms with E-state index in [9.17, 15) is 13.2 Å². The van der Waals surface area contributed by atoms with E-state index < -0.39 is 12.0 Å². The molecule has 0 aliphatic heterocycles. The minimum absolute atomic E-state index is 0.184. The van der Waals surface area contributed by atoms with Crippen molar-refractivity contribution in [1.82, 2.24) is 9.55 Å². The lowest BCUT2D eigenvalue weighted by Crippen LogP contribution is -2.17. The van der Waals surface area contributed by atoms with Crippen LogP contribution in [0.15, 0.2) is 24.3 Å². The summed E-state index contributed by atoms with van der Waals surface area (Å²) in [4.78, 5) is 3.71. The Bertz CT molecular complexity index is 543. The highest BCUT2D eigenvalue weighted by Crippen LogP contribution is 2.32. The van der Waals surface area contributed by atoms with Crippen LogP contribution in [0, 0.1) is 5.92 Å². The fourth-order valence-corrected chi connectivity index (χ4v) is 1.92. The molecule has 2 nitrogen and oxygen atoms in total. The van der Waals surface area contributed by atoms with Crippen molar-refractivity contribution < 1.29 is 13.2 Å². The maximum Gasteiger partial charge on any atom is 0.449 e. The summed E-state index contributed by atoms with van der Waals surface area (Å²) in [5, 5.41) is 0. The second-order valence-corrected chi connectivity index (χ2v) is 4.55. The van der Waals surface area contributed by atoms with Crippen LogP contribution in [0.3, 0.4) is 0 Å². The number of hydrogen-bond donors (Lipinski definition) is 0. The number of halogens is 3. The van der Waals surface area contributed by atoms with Crippen LogP contribution in [-0.2, 0) is 12.7 Å². The van der Waals surface area contributed by atoms with Crippen LogP contribution < -0.4 is 0 Å². The van der Waals surface area contributed by atoms with Crippen molar-refractivity contribution in [3.05, 3.63) is 30.1 Å². The molecular formula is C13H15F3N2. The van der Waals surface area contributed by atoms with Gasteiger partial charge >= 0.3 is 6.18 Å². The zero-order chi connectivity index (χ0) is 13.3. The van der Waals surface area contributed by atoms with E-state index in [1.54, 1.807) is 24.3 Å². The highest BCUT2D eigenvalue weighted by atomic mass is 19.4. The summed E-state index contributed by atoms with van der Waals surface area (Å²) >= 11 is 0. The van der Waals surface area contributed by atoms with Gasteiger partial charge in [0.05, 0.1) is 11.0 Å². The highest BCUT2D eigenvalue weighted by molar-refractivity contribution is 5.76. The summed E-state index contributed by atoms with van der Waals surface area (Å²) in [6.45, 7) is 4.25. The average molecular weight is 256 g/mol. The molecule has 18 heavy (non-hydrogen) atoms. The molecule has 0 radical (unpaired) electrons. The van der Waals surface area contributed by atoms with Crippen LogP contribution >= 0.6 is 0 Å². The van der Waals surface area contributed by atoms with Crippen molar-refractivity contribution in [3.63, 3.8) is 0 Å². The van der Waals surface area contributed by atoms with Gasteiger partial charge in [-0.2, -0.15) is 13.2 Å². The highest BCUT2D eigenvalue weighted by Gasteiger charge is 2.37. The first kappa shape index (κ1) is 12.9. The summed E-state index contributed by atoms with van der Waals surface area (Å²) in [6.07, 6.45) is -3.57. The fraction of sp³-hybridized carbons (Fsp3) is 0.462. The summed E-state index contributed by atoms with van der Waals surface area (Å²) in [7, 11) is 0. The molecule has 5 heteroatoms. The number of benzene rings is 1. The lowest BCUT2D eigenvalue weighted by molar-refractivity contribution is -0.147. The molecule has 0 aliphatic rings. The Kier molecular flexibility index (Phi) is 3.32. The molecule has 0 fully saturated rings. The van der Waals surface area contributed by atoms with Crippen LogP contribution in [0.2, 0.25) is 0 Å². The van der Waals surface area contributed by atoms with Crippen LogP contribution in [0.1, 0.15) is 26.1 Å². The molecule has 1 heterocycles. The lowest BCUT2D eigenvalue weighted by Gasteiger charge is -2.15. The van der Waals surface area contributed by atoms with Crippen LogP contribution in [-0.4, -0.2) is 9.55 Å². The first-order valence-corrected chi connectivity index (χ1v) is 5.96. The molecule has 0 N–H and O–H groups in total. The first-order chi connectivity index (χ1) is 8.43. The van der Waals surface area contributed by atoms with Gasteiger partial charge in [0.1, 0.15) is 0 Å². The van der Waals surface area contributed by atoms with Gasteiger partial charge in [0.2, 0.25) is 5.82 Å². The second-order valence-electron chi connectivity index (χ2n) is 4.55. The van der Waals surface area contributed by atoms with E-state index in [0.29, 0.717) is 17.6 Å². The summed E-state index contributed by atoms with van der Waals surface area (Å²) in [5.74, 6) is -0.618. The van der Waals surface area contributed by atoms with Gasteiger partial charge in [-0.3, -0.25) is 0 Å². The van der Waals surface area contributed by atoms with E-state index in [0.717, 1.165) is 6.42 Å². The van der Waals surface area contributed by atoms with E-state index in [1.165, 1.54) is 4.57 Å². The van der Waals surface area contributed by atoms with E-state index in [-0.39, 0.29) is 5.92 Å². The predicted molar refractivity (Wildman–Crippen MR) is 64.2 cm³/mol. The minimum Gasteiger partial charge on any atom is -0.320 e. The molecular weight excluding hydrogens is 241 g/mol. The monoisotopic (exact) mass is 256 g/mol. The van der Waals surface area contributed by atoms with Gasteiger partial charge < -0.3 is 4.57 Å². The Morgan fingerprint density at radius 2 is 1.94 bits per heavy atom. The normalized spacial score (nSPS) is 14.1. The van der Waals surface area contributed by atoms with Gasteiger partial charge in [0.25, 0.3) is 0 Å². The molecule has 0 saturated carbocycles. The third-order valence-electron chi connectivity index (χ3n) is 3.10. The number of nitrogens with zero attached hydrogens (tertiary/aromatic N) is 2. The first-order valence-electron chi connectivity index (χ1n) is 5.96. The number of rotatable bonds is 3. The van der Waals surface area contributed by atoms with E-state index >= 15 is 0 Å². The molecule has 1 atom stereocenters. The standard InChI is InChI=1S/C13H15F3N2/c1-3-9(2)8-18-11-7-5-4-6-10(11)17-12(18)13(14,15)16/h4-7,9H,3,8H2,1-2H3/t9-/m0/s1. The maximum atomic E-state index is 13.0. The molecule has 0 bridgehead atoms. The maximum absolute atomic E-state index is 13.0. The van der Waals surface area contributed by atoms with Crippen molar-refractivity contribution in [2.24, 2.45) is 5.92 Å². The minimum atomic E-state index is -4.41. The van der Waals surface area contributed by atoms with Gasteiger partial charge in [-0.25, -0.2) is 4.98 Å². The predicted octanol–water partition coefficient (Wildman–Crippen LogP) is 4.10. The van der Waals surface area contributed by atoms with E-state index in [1.807, 2.05) is 13.8 Å². The molecule has 1 aromatic heterocycles. The Hall–Kier alpha value is -1.52. The lowest BCUT2D eigenvalue weighted by atomic mass is 10.1. The van der Waals surface area contributed by atoms with Gasteiger partial charge in [-0.05, 0) is 18.1 Å². The van der Waals surface area contributed by atoms with Gasteiger partial charge in [-0.15, -0.1) is 0 Å². The summed E-state index contributed by atoms with van der Waals surface area (Å²) < 4.78 is 40.2. The Labute approximate surface area is 103 Å². The Morgan fingerprint density at radius 3 is 2.56 bits per heavy atom. The van der Waals surface area contributed by atoms with Crippen molar-refractivity contribution >= 4 is 11.0 Å². The molecule has 0 amide bonds. The third kappa shape index (κ3) is 2.35. The van der Waals surface area contributed by atoms with Crippen LogP contribution in [0.5, 0.6) is 0 Å². The third-order valence-corrected chi connectivity index (χ3v) is 3.10. The molecule has 2 rings (SSSR count). The fourth-order valence-electron chi connectivity index (χ4n) is 1.92. The number of fused-ring (bicyclic) bond motifs is 1. The van der Waals surface area contributed by atoms with Crippen LogP contribution in [0.25, 0.3) is 11.0 Å². The molecule has 0 spiro atoms. The largest absolute Gasteiger partial charge is 0.449 e. The Morgan fingerprint density at radius 1 is 1.28 bits per heavy atom.